The number of carbonyl (C=O) groups is 1. The van der Waals surface area contributed by atoms with E-state index in [0.29, 0.717) is 46.3 Å². The van der Waals surface area contributed by atoms with Gasteiger partial charge in [-0.15, -0.1) is 11.3 Å². The molecule has 2 aromatic carbocycles. The number of rotatable bonds is 10. The van der Waals surface area contributed by atoms with Crippen molar-refractivity contribution in [1.82, 2.24) is 19.9 Å². The van der Waals surface area contributed by atoms with Crippen molar-refractivity contribution < 1.29 is 23.4 Å². The van der Waals surface area contributed by atoms with Crippen molar-refractivity contribution in [3.8, 4) is 33.5 Å². The molecule has 0 aliphatic carbocycles. The second kappa shape index (κ2) is 11.2. The first-order valence-electron chi connectivity index (χ1n) is 11.8. The lowest BCUT2D eigenvalue weighted by Crippen LogP contribution is -2.29. The Morgan fingerprint density at radius 3 is 2.71 bits per heavy atom. The molecule has 0 fully saturated rings. The zero-order chi connectivity index (χ0) is 26.6. The number of imidazole rings is 1. The van der Waals surface area contributed by atoms with Gasteiger partial charge in [0.25, 0.3) is 5.91 Å². The van der Waals surface area contributed by atoms with Gasteiger partial charge in [0.05, 0.1) is 30.5 Å². The monoisotopic (exact) mass is 550 g/mol. The van der Waals surface area contributed by atoms with Gasteiger partial charge in [0.15, 0.2) is 10.5 Å². The summed E-state index contributed by atoms with van der Waals surface area (Å²) < 4.78 is 23.2. The molecule has 3 heterocycles. The summed E-state index contributed by atoms with van der Waals surface area (Å²) >= 11 is 6.65. The fourth-order valence-electron chi connectivity index (χ4n) is 3.88. The Kier molecular flexibility index (Phi) is 7.59. The van der Waals surface area contributed by atoms with E-state index in [-0.39, 0.29) is 12.5 Å². The van der Waals surface area contributed by atoms with Crippen LogP contribution in [-0.4, -0.2) is 60.2 Å². The van der Waals surface area contributed by atoms with Crippen molar-refractivity contribution >= 4 is 40.4 Å². The molecule has 2 N–H and O–H groups in total. The van der Waals surface area contributed by atoms with Crippen molar-refractivity contribution in [1.29, 1.82) is 0 Å². The normalized spacial score (nSPS) is 11.1. The van der Waals surface area contributed by atoms with Crippen LogP contribution in [0.2, 0.25) is 0 Å². The number of aromatic amines is 2. The van der Waals surface area contributed by atoms with Crippen LogP contribution in [0.25, 0.3) is 33.0 Å². The van der Waals surface area contributed by atoms with E-state index >= 15 is 0 Å². The Hall–Kier alpha value is -3.93. The van der Waals surface area contributed by atoms with E-state index in [1.807, 2.05) is 47.8 Å². The van der Waals surface area contributed by atoms with E-state index in [9.17, 15) is 4.79 Å². The molecule has 0 aliphatic heterocycles. The molecule has 0 radical (unpaired) electrons. The van der Waals surface area contributed by atoms with Crippen molar-refractivity contribution in [2.75, 3.05) is 34.4 Å². The van der Waals surface area contributed by atoms with E-state index in [1.165, 1.54) is 11.3 Å². The SMILES string of the molecule is COCCN(C)C(=O)c1ccc(-c2nc(COc3cc(OC)cc4oc(-c5c[nH]c(=S)[nH]5)cc34)cs2)cc1. The number of furan rings is 1. The molecule has 0 spiro atoms. The van der Waals surface area contributed by atoms with Gasteiger partial charge in [-0.2, -0.15) is 0 Å². The predicted octanol–water partition coefficient (Wildman–Crippen LogP) is 5.91. The highest BCUT2D eigenvalue weighted by Crippen LogP contribution is 2.37. The number of thiazole rings is 1. The zero-order valence-electron chi connectivity index (χ0n) is 21.1. The molecule has 11 heteroatoms. The molecule has 0 saturated heterocycles. The Balaban J connectivity index is 1.31. The summed E-state index contributed by atoms with van der Waals surface area (Å²) in [7, 11) is 4.98. The van der Waals surface area contributed by atoms with Crippen LogP contribution in [0.5, 0.6) is 11.5 Å². The van der Waals surface area contributed by atoms with Crippen molar-refractivity contribution in [2.45, 2.75) is 6.61 Å². The minimum atomic E-state index is -0.0483. The van der Waals surface area contributed by atoms with Crippen molar-refractivity contribution in [3.05, 3.63) is 70.1 Å². The van der Waals surface area contributed by atoms with E-state index in [1.54, 1.807) is 32.4 Å². The Morgan fingerprint density at radius 1 is 1.18 bits per heavy atom. The van der Waals surface area contributed by atoms with Crippen LogP contribution in [0, 0.1) is 4.77 Å². The van der Waals surface area contributed by atoms with Gasteiger partial charge in [0.1, 0.15) is 28.7 Å². The van der Waals surface area contributed by atoms with E-state index in [4.69, 9.17) is 35.8 Å². The van der Waals surface area contributed by atoms with Crippen LogP contribution in [0.15, 0.2) is 58.5 Å². The number of nitrogens with zero attached hydrogens (tertiary/aromatic N) is 2. The maximum Gasteiger partial charge on any atom is 0.253 e. The van der Waals surface area contributed by atoms with Gasteiger partial charge in [-0.05, 0) is 30.4 Å². The number of amides is 1. The van der Waals surface area contributed by atoms with Crippen LogP contribution in [0.3, 0.4) is 0 Å². The lowest BCUT2D eigenvalue weighted by Gasteiger charge is -2.16. The van der Waals surface area contributed by atoms with Crippen LogP contribution in [0.4, 0.5) is 0 Å². The second-order valence-corrected chi connectivity index (χ2v) is 9.80. The number of H-pyrrole nitrogens is 2. The number of likely N-dealkylation sites (N-methyl/N-ethyl adjacent to an activating group) is 1. The third kappa shape index (κ3) is 5.49. The number of hydrogen-bond acceptors (Lipinski definition) is 8. The molecule has 0 bridgehead atoms. The van der Waals surface area contributed by atoms with Gasteiger partial charge in [0.2, 0.25) is 0 Å². The van der Waals surface area contributed by atoms with Gasteiger partial charge in [0, 0.05) is 55.5 Å². The van der Waals surface area contributed by atoms with Crippen LogP contribution in [0.1, 0.15) is 16.1 Å². The Bertz CT molecular complexity index is 1620. The Morgan fingerprint density at radius 2 is 2.00 bits per heavy atom. The highest BCUT2D eigenvalue weighted by atomic mass is 32.1. The summed E-state index contributed by atoms with van der Waals surface area (Å²) in [6, 6.07) is 13.0. The maximum atomic E-state index is 12.6. The third-order valence-corrected chi connectivity index (χ3v) is 7.11. The highest BCUT2D eigenvalue weighted by molar-refractivity contribution is 7.71. The van der Waals surface area contributed by atoms with Gasteiger partial charge in [-0.3, -0.25) is 4.79 Å². The van der Waals surface area contributed by atoms with Crippen molar-refractivity contribution in [2.24, 2.45) is 0 Å². The topological polar surface area (TPSA) is 106 Å². The van der Waals surface area contributed by atoms with Gasteiger partial charge < -0.3 is 33.5 Å². The number of carbonyl (C=O) groups excluding carboxylic acids is 1. The standard InChI is InChI=1S/C27H26N4O5S2/c1-31(8-9-33-2)26(32)17-6-4-16(5-7-17)25-29-18(15-38-25)14-35-22-10-19(34-3)11-23-20(22)12-24(36-23)21-13-28-27(37)30-21/h4-7,10-13,15H,8-9,14H2,1-3H3,(H2,28,30,37). The zero-order valence-corrected chi connectivity index (χ0v) is 22.7. The minimum Gasteiger partial charge on any atom is -0.496 e. The quantitative estimate of drug-likeness (QED) is 0.208. The summed E-state index contributed by atoms with van der Waals surface area (Å²) in [6.45, 7) is 1.30. The van der Waals surface area contributed by atoms with Crippen LogP contribution in [-0.2, 0) is 11.3 Å². The highest BCUT2D eigenvalue weighted by Gasteiger charge is 2.16. The first kappa shape index (κ1) is 25.7. The fraction of sp³-hybridized carbons (Fsp3) is 0.222. The number of benzene rings is 2. The van der Waals surface area contributed by atoms with Crippen molar-refractivity contribution in [3.63, 3.8) is 0 Å². The molecule has 9 nitrogen and oxygen atoms in total. The first-order valence-corrected chi connectivity index (χ1v) is 13.1. The van der Waals surface area contributed by atoms with Gasteiger partial charge >= 0.3 is 0 Å². The average molecular weight is 551 g/mol. The second-order valence-electron chi connectivity index (χ2n) is 8.53. The summed E-state index contributed by atoms with van der Waals surface area (Å²) in [5.41, 5.74) is 3.73. The number of aromatic nitrogens is 3. The van der Waals surface area contributed by atoms with E-state index < -0.39 is 0 Å². The van der Waals surface area contributed by atoms with Gasteiger partial charge in [-0.1, -0.05) is 12.1 Å². The number of nitrogens with one attached hydrogen (secondary N) is 2. The molecule has 3 aromatic heterocycles. The number of ether oxygens (including phenoxy) is 3. The minimum absolute atomic E-state index is 0.0483. The molecule has 38 heavy (non-hydrogen) atoms. The fourth-order valence-corrected chi connectivity index (χ4v) is 4.86. The lowest BCUT2D eigenvalue weighted by atomic mass is 10.1. The number of hydrogen-bond donors (Lipinski definition) is 2. The molecular formula is C27H26N4O5S2. The lowest BCUT2D eigenvalue weighted by molar-refractivity contribution is 0.0744. The molecule has 0 aliphatic rings. The molecular weight excluding hydrogens is 524 g/mol. The first-order chi connectivity index (χ1) is 18.4. The molecule has 5 rings (SSSR count). The Labute approximate surface area is 228 Å². The molecule has 1 amide bonds. The molecule has 0 saturated carbocycles. The van der Waals surface area contributed by atoms with E-state index in [0.717, 1.165) is 27.3 Å². The van der Waals surface area contributed by atoms with Gasteiger partial charge in [-0.25, -0.2) is 4.98 Å². The smallest absolute Gasteiger partial charge is 0.253 e. The summed E-state index contributed by atoms with van der Waals surface area (Å²) in [5.74, 6) is 1.83. The predicted molar refractivity (Wildman–Crippen MR) is 148 cm³/mol. The maximum absolute atomic E-state index is 12.6. The molecule has 0 unspecified atom stereocenters. The summed E-state index contributed by atoms with van der Waals surface area (Å²) in [6.07, 6.45) is 1.76. The van der Waals surface area contributed by atoms with E-state index in [2.05, 4.69) is 9.97 Å². The average Bonchev–Trinajstić information content (AvgIpc) is 3.69. The van der Waals surface area contributed by atoms with Crippen LogP contribution < -0.4 is 9.47 Å². The molecule has 0 atom stereocenters. The molecule has 196 valence electrons. The summed E-state index contributed by atoms with van der Waals surface area (Å²) in [5, 5.41) is 3.62. The largest absolute Gasteiger partial charge is 0.496 e. The summed E-state index contributed by atoms with van der Waals surface area (Å²) in [4.78, 5) is 24.9. The van der Waals surface area contributed by atoms with Crippen LogP contribution >= 0.6 is 23.6 Å². The third-order valence-electron chi connectivity index (χ3n) is 5.95. The number of methoxy groups -OCH3 is 2. The number of fused-ring (bicyclic) bond motifs is 1. The molecule has 5 aromatic rings.